The van der Waals surface area contributed by atoms with E-state index in [1.807, 2.05) is 48.5 Å². The van der Waals surface area contributed by atoms with Crippen molar-refractivity contribution >= 4 is 11.6 Å². The smallest absolute Gasteiger partial charge is 0.101 e. The predicted molar refractivity (Wildman–Crippen MR) is 75.0 cm³/mol. The molecule has 0 atom stereocenters. The van der Waals surface area contributed by atoms with E-state index in [0.717, 1.165) is 11.1 Å². The summed E-state index contributed by atoms with van der Waals surface area (Å²) >= 11 is 0. The van der Waals surface area contributed by atoms with Gasteiger partial charge in [0.15, 0.2) is 0 Å². The topological polar surface area (TPSA) is 56.9 Å². The second-order valence-electron chi connectivity index (χ2n) is 4.10. The van der Waals surface area contributed by atoms with E-state index in [0.29, 0.717) is 17.7 Å². The van der Waals surface area contributed by atoms with E-state index >= 15 is 0 Å². The lowest BCUT2D eigenvalue weighted by molar-refractivity contribution is 0.299. The quantitative estimate of drug-likeness (QED) is 0.849. The molecule has 0 saturated carbocycles. The minimum atomic E-state index is 0.124. The molecule has 2 rings (SSSR count). The van der Waals surface area contributed by atoms with Crippen molar-refractivity contribution < 1.29 is 5.11 Å². The van der Waals surface area contributed by atoms with Gasteiger partial charge in [0, 0.05) is 12.8 Å². The summed E-state index contributed by atoms with van der Waals surface area (Å²) in [7, 11) is 0. The van der Waals surface area contributed by atoms with Gasteiger partial charge >= 0.3 is 0 Å². The molecule has 2 aromatic rings. The Morgan fingerprint density at radius 1 is 1.26 bits per heavy atom. The van der Waals surface area contributed by atoms with Gasteiger partial charge in [-0.15, -0.1) is 0 Å². The number of benzene rings is 1. The van der Waals surface area contributed by atoms with E-state index in [4.69, 9.17) is 5.11 Å². The number of rotatable bonds is 4. The van der Waals surface area contributed by atoms with Gasteiger partial charge in [-0.3, -0.25) is 4.98 Å². The number of aliphatic hydroxyl groups excluding tert-OH is 1. The molecule has 0 radical (unpaired) electrons. The summed E-state index contributed by atoms with van der Waals surface area (Å²) in [5.74, 6) is 0. The van der Waals surface area contributed by atoms with Gasteiger partial charge in [-0.05, 0) is 35.8 Å². The number of hydrogen-bond acceptors (Lipinski definition) is 3. The number of nitriles is 1. The number of hydrogen-bond donors (Lipinski definition) is 1. The standard InChI is InChI=1S/C16H14N2O/c17-12-15(16-6-1-2-8-18-16)11-14-5-3-4-13(10-14)7-9-19/h1-6,8,10-11,19H,7,9H2. The largest absolute Gasteiger partial charge is 0.396 e. The minimum absolute atomic E-state index is 0.124. The van der Waals surface area contributed by atoms with Crippen LogP contribution in [0.1, 0.15) is 16.8 Å². The molecule has 0 aliphatic rings. The molecule has 3 heteroatoms. The van der Waals surface area contributed by atoms with E-state index in [9.17, 15) is 5.26 Å². The lowest BCUT2D eigenvalue weighted by atomic mass is 10.0. The molecule has 1 aromatic carbocycles. The van der Waals surface area contributed by atoms with Crippen molar-refractivity contribution in [2.45, 2.75) is 6.42 Å². The first-order valence-corrected chi connectivity index (χ1v) is 6.06. The molecule has 0 unspecified atom stereocenters. The van der Waals surface area contributed by atoms with Gasteiger partial charge < -0.3 is 5.11 Å². The van der Waals surface area contributed by atoms with Crippen LogP contribution in [-0.2, 0) is 6.42 Å². The Morgan fingerprint density at radius 3 is 2.84 bits per heavy atom. The van der Waals surface area contributed by atoms with E-state index in [-0.39, 0.29) is 6.61 Å². The third-order valence-electron chi connectivity index (χ3n) is 2.72. The number of allylic oxidation sites excluding steroid dienone is 1. The van der Waals surface area contributed by atoms with Crippen molar-refractivity contribution in [2.24, 2.45) is 0 Å². The summed E-state index contributed by atoms with van der Waals surface area (Å²) < 4.78 is 0. The summed E-state index contributed by atoms with van der Waals surface area (Å²) in [4.78, 5) is 4.17. The molecule has 0 saturated heterocycles. The van der Waals surface area contributed by atoms with Crippen LogP contribution in [0.5, 0.6) is 0 Å². The SMILES string of the molecule is N#CC(=Cc1cccc(CCO)c1)c1ccccn1. The Kier molecular flexibility index (Phi) is 4.44. The third-order valence-corrected chi connectivity index (χ3v) is 2.72. The molecule has 0 spiro atoms. The lowest BCUT2D eigenvalue weighted by Crippen LogP contribution is -1.91. The molecule has 0 amide bonds. The van der Waals surface area contributed by atoms with Crippen molar-refractivity contribution in [3.8, 4) is 6.07 Å². The molecule has 1 heterocycles. The highest BCUT2D eigenvalue weighted by Crippen LogP contribution is 2.16. The Labute approximate surface area is 112 Å². The fourth-order valence-electron chi connectivity index (χ4n) is 1.82. The van der Waals surface area contributed by atoms with Crippen LogP contribution in [0.2, 0.25) is 0 Å². The van der Waals surface area contributed by atoms with E-state index in [1.54, 1.807) is 6.20 Å². The second kappa shape index (κ2) is 6.48. The van der Waals surface area contributed by atoms with E-state index in [2.05, 4.69) is 11.1 Å². The summed E-state index contributed by atoms with van der Waals surface area (Å²) in [6.07, 6.45) is 4.10. The van der Waals surface area contributed by atoms with Crippen molar-refractivity contribution in [3.05, 3.63) is 65.5 Å². The predicted octanol–water partition coefficient (Wildman–Crippen LogP) is 2.68. The molecule has 1 aromatic heterocycles. The Morgan fingerprint density at radius 2 is 2.16 bits per heavy atom. The van der Waals surface area contributed by atoms with Crippen LogP contribution in [-0.4, -0.2) is 16.7 Å². The normalized spacial score (nSPS) is 11.1. The summed E-state index contributed by atoms with van der Waals surface area (Å²) in [6, 6.07) is 15.4. The van der Waals surface area contributed by atoms with Crippen LogP contribution in [0.25, 0.3) is 11.6 Å². The molecule has 0 fully saturated rings. The van der Waals surface area contributed by atoms with Crippen LogP contribution in [0.4, 0.5) is 0 Å². The fourth-order valence-corrected chi connectivity index (χ4v) is 1.82. The number of aliphatic hydroxyl groups is 1. The average Bonchev–Trinajstić information content (AvgIpc) is 2.46. The molecule has 1 N–H and O–H groups in total. The molecule has 0 aliphatic carbocycles. The van der Waals surface area contributed by atoms with Gasteiger partial charge in [0.25, 0.3) is 0 Å². The van der Waals surface area contributed by atoms with Crippen LogP contribution in [0.3, 0.4) is 0 Å². The summed E-state index contributed by atoms with van der Waals surface area (Å²) in [5, 5.41) is 18.2. The first-order valence-electron chi connectivity index (χ1n) is 6.06. The van der Waals surface area contributed by atoms with Gasteiger partial charge in [-0.25, -0.2) is 0 Å². The molecule has 0 aliphatic heterocycles. The van der Waals surface area contributed by atoms with Crippen LogP contribution in [0, 0.1) is 11.3 Å². The van der Waals surface area contributed by atoms with Gasteiger partial charge in [0.2, 0.25) is 0 Å². The van der Waals surface area contributed by atoms with E-state index in [1.165, 1.54) is 0 Å². The molecule has 19 heavy (non-hydrogen) atoms. The maximum absolute atomic E-state index is 9.22. The fraction of sp³-hybridized carbons (Fsp3) is 0.125. The highest BCUT2D eigenvalue weighted by atomic mass is 16.2. The van der Waals surface area contributed by atoms with Crippen molar-refractivity contribution in [3.63, 3.8) is 0 Å². The zero-order valence-electron chi connectivity index (χ0n) is 10.5. The molecule has 94 valence electrons. The minimum Gasteiger partial charge on any atom is -0.396 e. The average molecular weight is 250 g/mol. The highest BCUT2D eigenvalue weighted by Gasteiger charge is 2.02. The zero-order chi connectivity index (χ0) is 13.5. The Hall–Kier alpha value is -2.44. The molecule has 3 nitrogen and oxygen atoms in total. The van der Waals surface area contributed by atoms with Crippen molar-refractivity contribution in [1.29, 1.82) is 5.26 Å². The maximum atomic E-state index is 9.22. The monoisotopic (exact) mass is 250 g/mol. The molecule has 0 bridgehead atoms. The highest BCUT2D eigenvalue weighted by molar-refractivity contribution is 5.88. The molecular formula is C16H14N2O. The Balaban J connectivity index is 2.33. The first-order chi connectivity index (χ1) is 9.33. The second-order valence-corrected chi connectivity index (χ2v) is 4.10. The maximum Gasteiger partial charge on any atom is 0.101 e. The number of pyridine rings is 1. The van der Waals surface area contributed by atoms with Crippen molar-refractivity contribution in [1.82, 2.24) is 4.98 Å². The van der Waals surface area contributed by atoms with E-state index < -0.39 is 0 Å². The van der Waals surface area contributed by atoms with Crippen LogP contribution < -0.4 is 0 Å². The van der Waals surface area contributed by atoms with Crippen LogP contribution in [0.15, 0.2) is 48.7 Å². The lowest BCUT2D eigenvalue weighted by Gasteiger charge is -2.01. The summed E-state index contributed by atoms with van der Waals surface area (Å²) in [6.45, 7) is 0.124. The number of aromatic nitrogens is 1. The van der Waals surface area contributed by atoms with Gasteiger partial charge in [0.05, 0.1) is 11.3 Å². The zero-order valence-corrected chi connectivity index (χ0v) is 10.5. The van der Waals surface area contributed by atoms with Gasteiger partial charge in [-0.1, -0.05) is 30.3 Å². The van der Waals surface area contributed by atoms with Crippen molar-refractivity contribution in [2.75, 3.05) is 6.61 Å². The Bertz CT molecular complexity index is 612. The molecular weight excluding hydrogens is 236 g/mol. The van der Waals surface area contributed by atoms with Gasteiger partial charge in [-0.2, -0.15) is 5.26 Å². The van der Waals surface area contributed by atoms with Crippen LogP contribution >= 0.6 is 0 Å². The summed E-state index contributed by atoms with van der Waals surface area (Å²) in [5.41, 5.74) is 3.18. The van der Waals surface area contributed by atoms with Gasteiger partial charge in [0.1, 0.15) is 6.07 Å². The first kappa shape index (κ1) is 13.0. The number of nitrogens with zero attached hydrogens (tertiary/aromatic N) is 2. The third kappa shape index (κ3) is 3.51.